The van der Waals surface area contributed by atoms with Gasteiger partial charge >= 0.3 is 0 Å². The van der Waals surface area contributed by atoms with Gasteiger partial charge in [0.25, 0.3) is 0 Å². The van der Waals surface area contributed by atoms with Crippen molar-refractivity contribution < 1.29 is 8.42 Å². The van der Waals surface area contributed by atoms with E-state index in [0.29, 0.717) is 12.2 Å². The molecule has 0 fully saturated rings. The summed E-state index contributed by atoms with van der Waals surface area (Å²) in [6, 6.07) is 8.76. The number of sulfonamides is 1. The highest BCUT2D eigenvalue weighted by atomic mass is 79.9. The molecular formula is C14H17BrN2O2S2. The van der Waals surface area contributed by atoms with Gasteiger partial charge in [0.15, 0.2) is 0 Å². The quantitative estimate of drug-likeness (QED) is 0.790. The summed E-state index contributed by atoms with van der Waals surface area (Å²) in [5.41, 5.74) is 0.603. The van der Waals surface area contributed by atoms with E-state index in [1.165, 1.54) is 0 Å². The van der Waals surface area contributed by atoms with Gasteiger partial charge in [-0.15, -0.1) is 11.3 Å². The number of anilines is 1. The van der Waals surface area contributed by atoms with Crippen LogP contribution in [-0.4, -0.2) is 14.5 Å². The van der Waals surface area contributed by atoms with Crippen LogP contribution in [0.1, 0.15) is 18.7 Å². The number of para-hydroxylation sites is 1. The zero-order valence-corrected chi connectivity index (χ0v) is 15.0. The summed E-state index contributed by atoms with van der Waals surface area (Å²) in [5.74, 6) is 0. The number of halogens is 1. The van der Waals surface area contributed by atoms with Crippen LogP contribution < -0.4 is 10.0 Å². The molecule has 0 saturated carbocycles. The molecule has 1 heterocycles. The zero-order valence-electron chi connectivity index (χ0n) is 11.8. The van der Waals surface area contributed by atoms with E-state index < -0.39 is 10.0 Å². The first-order valence-corrected chi connectivity index (χ1v) is 9.63. The Morgan fingerprint density at radius 1 is 1.24 bits per heavy atom. The standard InChI is InChI=1S/C14H17BrN2O2S2/c1-10(2)17-21(18,19)14-6-4-3-5-12(14)16-9-13-11(15)7-8-20-13/h3-8,10,16-17H,9H2,1-2H3. The Hall–Kier alpha value is -0.890. The fourth-order valence-corrected chi connectivity index (χ4v) is 4.71. The molecule has 2 rings (SSSR count). The predicted octanol–water partition coefficient (Wildman–Crippen LogP) is 3.81. The number of rotatable bonds is 6. The summed E-state index contributed by atoms with van der Waals surface area (Å²) in [4.78, 5) is 1.39. The molecule has 0 spiro atoms. The molecule has 2 N–H and O–H groups in total. The maximum Gasteiger partial charge on any atom is 0.242 e. The molecular weight excluding hydrogens is 372 g/mol. The smallest absolute Gasteiger partial charge is 0.242 e. The van der Waals surface area contributed by atoms with Crippen LogP contribution in [-0.2, 0) is 16.6 Å². The van der Waals surface area contributed by atoms with Crippen molar-refractivity contribution in [2.24, 2.45) is 0 Å². The lowest BCUT2D eigenvalue weighted by Crippen LogP contribution is -2.30. The van der Waals surface area contributed by atoms with Gasteiger partial charge in [0.1, 0.15) is 4.90 Å². The van der Waals surface area contributed by atoms with Crippen molar-refractivity contribution in [1.82, 2.24) is 4.72 Å². The molecule has 0 saturated heterocycles. The van der Waals surface area contributed by atoms with E-state index >= 15 is 0 Å². The molecule has 4 nitrogen and oxygen atoms in total. The largest absolute Gasteiger partial charge is 0.379 e. The van der Waals surface area contributed by atoms with Crippen LogP contribution in [0.4, 0.5) is 5.69 Å². The summed E-state index contributed by atoms with van der Waals surface area (Å²) in [6.07, 6.45) is 0. The van der Waals surface area contributed by atoms with Crippen LogP contribution in [0, 0.1) is 0 Å². The fourth-order valence-electron chi connectivity index (χ4n) is 1.85. The third-order valence-corrected chi connectivity index (χ3v) is 6.34. The van der Waals surface area contributed by atoms with Crippen LogP contribution >= 0.6 is 27.3 Å². The molecule has 0 aliphatic heterocycles. The van der Waals surface area contributed by atoms with Crippen LogP contribution in [0.5, 0.6) is 0 Å². The van der Waals surface area contributed by atoms with Gasteiger partial charge in [-0.25, -0.2) is 13.1 Å². The Morgan fingerprint density at radius 3 is 2.57 bits per heavy atom. The SMILES string of the molecule is CC(C)NS(=O)(=O)c1ccccc1NCc1sccc1Br. The Kier molecular flexibility index (Phi) is 5.43. The predicted molar refractivity (Wildman–Crippen MR) is 91.2 cm³/mol. The minimum atomic E-state index is -3.51. The first-order valence-electron chi connectivity index (χ1n) is 6.47. The van der Waals surface area contributed by atoms with E-state index in [1.54, 1.807) is 43.4 Å². The number of benzene rings is 1. The van der Waals surface area contributed by atoms with Crippen molar-refractivity contribution in [2.75, 3.05) is 5.32 Å². The monoisotopic (exact) mass is 388 g/mol. The summed E-state index contributed by atoms with van der Waals surface area (Å²) in [5, 5.41) is 5.19. The lowest BCUT2D eigenvalue weighted by atomic mass is 10.3. The van der Waals surface area contributed by atoms with Gasteiger partial charge in [-0.3, -0.25) is 0 Å². The van der Waals surface area contributed by atoms with Gasteiger partial charge in [-0.1, -0.05) is 12.1 Å². The van der Waals surface area contributed by atoms with Gasteiger partial charge < -0.3 is 5.32 Å². The second-order valence-corrected chi connectivity index (χ2v) is 8.35. The van der Waals surface area contributed by atoms with Gasteiger partial charge in [0.05, 0.1) is 12.2 Å². The minimum Gasteiger partial charge on any atom is -0.379 e. The average molecular weight is 389 g/mol. The normalized spacial score (nSPS) is 11.8. The molecule has 0 bridgehead atoms. The van der Waals surface area contributed by atoms with Crippen molar-refractivity contribution in [2.45, 2.75) is 31.3 Å². The van der Waals surface area contributed by atoms with Gasteiger partial charge in [0, 0.05) is 15.4 Å². The number of hydrogen-bond acceptors (Lipinski definition) is 4. The number of hydrogen-bond donors (Lipinski definition) is 2. The third kappa shape index (κ3) is 4.29. The first kappa shape index (κ1) is 16.5. The maximum absolute atomic E-state index is 12.3. The lowest BCUT2D eigenvalue weighted by Gasteiger charge is -2.14. The van der Waals surface area contributed by atoms with Gasteiger partial charge in [0.2, 0.25) is 10.0 Å². The molecule has 114 valence electrons. The van der Waals surface area contributed by atoms with E-state index in [9.17, 15) is 8.42 Å². The fraction of sp³-hybridized carbons (Fsp3) is 0.286. The Morgan fingerprint density at radius 2 is 1.95 bits per heavy atom. The van der Waals surface area contributed by atoms with Crippen LogP contribution in [0.3, 0.4) is 0 Å². The van der Waals surface area contributed by atoms with E-state index in [1.807, 2.05) is 17.5 Å². The van der Waals surface area contributed by atoms with Crippen molar-refractivity contribution in [3.8, 4) is 0 Å². The van der Waals surface area contributed by atoms with Gasteiger partial charge in [-0.05, 0) is 53.4 Å². The third-order valence-electron chi connectivity index (χ3n) is 2.70. The van der Waals surface area contributed by atoms with E-state index in [-0.39, 0.29) is 10.9 Å². The molecule has 0 aliphatic rings. The van der Waals surface area contributed by atoms with Gasteiger partial charge in [-0.2, -0.15) is 0 Å². The molecule has 0 atom stereocenters. The molecule has 0 unspecified atom stereocenters. The Bertz CT molecular complexity index is 711. The molecule has 21 heavy (non-hydrogen) atoms. The summed E-state index contributed by atoms with van der Waals surface area (Å²) < 4.78 is 28.3. The second kappa shape index (κ2) is 6.91. The van der Waals surface area contributed by atoms with E-state index in [4.69, 9.17) is 0 Å². The summed E-state index contributed by atoms with van der Waals surface area (Å²) in [6.45, 7) is 4.18. The molecule has 7 heteroatoms. The molecule has 0 aliphatic carbocycles. The Balaban J connectivity index is 2.23. The number of thiophene rings is 1. The molecule has 1 aromatic carbocycles. The van der Waals surface area contributed by atoms with Crippen LogP contribution in [0.2, 0.25) is 0 Å². The minimum absolute atomic E-state index is 0.144. The highest BCUT2D eigenvalue weighted by molar-refractivity contribution is 9.10. The zero-order chi connectivity index (χ0) is 15.5. The number of nitrogens with one attached hydrogen (secondary N) is 2. The van der Waals surface area contributed by atoms with E-state index in [0.717, 1.165) is 9.35 Å². The molecule has 0 radical (unpaired) electrons. The van der Waals surface area contributed by atoms with Crippen LogP contribution in [0.25, 0.3) is 0 Å². The van der Waals surface area contributed by atoms with Crippen molar-refractivity contribution in [3.05, 3.63) is 45.1 Å². The lowest BCUT2D eigenvalue weighted by molar-refractivity contribution is 0.570. The summed E-state index contributed by atoms with van der Waals surface area (Å²) >= 11 is 5.09. The summed E-state index contributed by atoms with van der Waals surface area (Å²) in [7, 11) is -3.51. The molecule has 2 aromatic rings. The topological polar surface area (TPSA) is 58.2 Å². The highest BCUT2D eigenvalue weighted by Crippen LogP contribution is 2.26. The Labute approximate surface area is 137 Å². The average Bonchev–Trinajstić information content (AvgIpc) is 2.81. The molecule has 0 amide bonds. The van der Waals surface area contributed by atoms with Crippen molar-refractivity contribution >= 4 is 43.0 Å². The first-order chi connectivity index (χ1) is 9.90. The molecule has 1 aromatic heterocycles. The van der Waals surface area contributed by atoms with E-state index in [2.05, 4.69) is 26.0 Å². The van der Waals surface area contributed by atoms with Crippen molar-refractivity contribution in [3.63, 3.8) is 0 Å². The van der Waals surface area contributed by atoms with Crippen LogP contribution in [0.15, 0.2) is 45.1 Å². The maximum atomic E-state index is 12.3. The second-order valence-electron chi connectivity index (χ2n) is 4.82. The highest BCUT2D eigenvalue weighted by Gasteiger charge is 2.19. The van der Waals surface area contributed by atoms with Crippen molar-refractivity contribution in [1.29, 1.82) is 0 Å².